The Bertz CT molecular complexity index is 995. The Balaban J connectivity index is 1.21. The quantitative estimate of drug-likeness (QED) is 0.643. The zero-order chi connectivity index (χ0) is 20.5. The number of aromatic nitrogens is 2. The third-order valence-corrected chi connectivity index (χ3v) is 7.02. The second-order valence-corrected chi connectivity index (χ2v) is 8.83. The van der Waals surface area contributed by atoms with Crippen molar-refractivity contribution in [3.63, 3.8) is 0 Å². The monoisotopic (exact) mass is 425 g/mol. The Morgan fingerprint density at radius 3 is 2.80 bits per heavy atom. The van der Waals surface area contributed by atoms with Gasteiger partial charge in [0.25, 0.3) is 5.91 Å². The number of hydrogen-bond acceptors (Lipinski definition) is 6. The third kappa shape index (κ3) is 3.65. The molecule has 2 fully saturated rings. The van der Waals surface area contributed by atoms with Gasteiger partial charge in [-0.15, -0.1) is 11.3 Å². The molecule has 1 amide bonds. The maximum atomic E-state index is 13.0. The second-order valence-electron chi connectivity index (χ2n) is 7.96. The van der Waals surface area contributed by atoms with Gasteiger partial charge in [-0.3, -0.25) is 14.1 Å². The molecule has 5 rings (SSSR count). The molecule has 0 aliphatic carbocycles. The summed E-state index contributed by atoms with van der Waals surface area (Å²) in [5.74, 6) is 0.989. The van der Waals surface area contributed by atoms with Gasteiger partial charge in [-0.25, -0.2) is 4.98 Å². The SMILES string of the molecule is COc1ccccc1N1CCN([C@H]2CCCN(C(=O)c3cn4ccsc4n3)C2)CC1. The molecule has 2 aromatic heterocycles. The molecule has 0 spiro atoms. The fourth-order valence-electron chi connectivity index (χ4n) is 4.65. The molecule has 4 heterocycles. The van der Waals surface area contributed by atoms with E-state index in [1.807, 2.05) is 39.2 Å². The summed E-state index contributed by atoms with van der Waals surface area (Å²) in [5, 5.41) is 1.98. The van der Waals surface area contributed by atoms with E-state index in [0.717, 1.165) is 62.8 Å². The number of methoxy groups -OCH3 is 1. The number of benzene rings is 1. The highest BCUT2D eigenvalue weighted by Crippen LogP contribution is 2.29. The molecule has 7 nitrogen and oxygen atoms in total. The molecule has 158 valence electrons. The summed E-state index contributed by atoms with van der Waals surface area (Å²) in [5.41, 5.74) is 1.73. The molecular weight excluding hydrogens is 398 g/mol. The highest BCUT2D eigenvalue weighted by atomic mass is 32.1. The number of rotatable bonds is 4. The van der Waals surface area contributed by atoms with Crippen molar-refractivity contribution in [1.29, 1.82) is 0 Å². The van der Waals surface area contributed by atoms with Crippen LogP contribution in [0.25, 0.3) is 4.96 Å². The molecule has 1 atom stereocenters. The van der Waals surface area contributed by atoms with Gasteiger partial charge in [0.1, 0.15) is 11.4 Å². The lowest BCUT2D eigenvalue weighted by Crippen LogP contribution is -2.56. The minimum Gasteiger partial charge on any atom is -0.495 e. The number of hydrogen-bond donors (Lipinski definition) is 0. The third-order valence-electron chi connectivity index (χ3n) is 6.25. The lowest BCUT2D eigenvalue weighted by molar-refractivity contribution is 0.0558. The predicted molar refractivity (Wildman–Crippen MR) is 119 cm³/mol. The number of likely N-dealkylation sites (tertiary alicyclic amines) is 1. The van der Waals surface area contributed by atoms with Crippen LogP contribution in [-0.2, 0) is 0 Å². The van der Waals surface area contributed by atoms with E-state index in [0.29, 0.717) is 11.7 Å². The lowest BCUT2D eigenvalue weighted by atomic mass is 10.0. The Morgan fingerprint density at radius 1 is 1.17 bits per heavy atom. The highest BCUT2D eigenvalue weighted by molar-refractivity contribution is 7.15. The number of piperidine rings is 1. The first-order valence-corrected chi connectivity index (χ1v) is 11.4. The molecule has 0 N–H and O–H groups in total. The van der Waals surface area contributed by atoms with E-state index in [1.165, 1.54) is 5.69 Å². The average Bonchev–Trinajstić information content (AvgIpc) is 3.41. The van der Waals surface area contributed by atoms with Crippen molar-refractivity contribution in [2.75, 3.05) is 51.3 Å². The predicted octanol–water partition coefficient (Wildman–Crippen LogP) is 2.83. The molecule has 0 radical (unpaired) electrons. The van der Waals surface area contributed by atoms with Gasteiger partial charge in [0, 0.05) is 63.1 Å². The van der Waals surface area contributed by atoms with Gasteiger partial charge in [-0.05, 0) is 25.0 Å². The standard InChI is InChI=1S/C22H27N5O2S/c1-29-20-7-3-2-6-19(20)25-11-9-24(10-12-25)17-5-4-8-26(15-17)21(28)18-16-27-13-14-30-22(27)23-18/h2-3,6-7,13-14,16-17H,4-5,8-12,15H2,1H3/t17-/m0/s1. The lowest BCUT2D eigenvalue weighted by Gasteiger charge is -2.44. The second kappa shape index (κ2) is 8.28. The summed E-state index contributed by atoms with van der Waals surface area (Å²) in [7, 11) is 1.73. The number of nitrogens with zero attached hydrogens (tertiary/aromatic N) is 5. The van der Waals surface area contributed by atoms with Gasteiger partial charge in [-0.1, -0.05) is 12.1 Å². The summed E-state index contributed by atoms with van der Waals surface area (Å²) in [4.78, 5) is 25.3. The molecule has 3 aromatic rings. The van der Waals surface area contributed by atoms with Gasteiger partial charge in [0.05, 0.1) is 12.8 Å². The summed E-state index contributed by atoms with van der Waals surface area (Å²) in [6.45, 7) is 5.57. The largest absolute Gasteiger partial charge is 0.495 e. The van der Waals surface area contributed by atoms with Crippen LogP contribution in [-0.4, -0.2) is 77.5 Å². The minimum atomic E-state index is 0.0586. The Morgan fingerprint density at radius 2 is 2.00 bits per heavy atom. The van der Waals surface area contributed by atoms with E-state index in [4.69, 9.17) is 4.74 Å². The van der Waals surface area contributed by atoms with Crippen LogP contribution in [0.3, 0.4) is 0 Å². The van der Waals surface area contributed by atoms with Gasteiger partial charge >= 0.3 is 0 Å². The first kappa shape index (κ1) is 19.4. The van der Waals surface area contributed by atoms with Crippen molar-refractivity contribution in [2.24, 2.45) is 0 Å². The topological polar surface area (TPSA) is 53.3 Å². The Hall–Kier alpha value is -2.58. The number of imidazole rings is 1. The van der Waals surface area contributed by atoms with E-state index in [1.54, 1.807) is 18.4 Å². The van der Waals surface area contributed by atoms with E-state index < -0.39 is 0 Å². The number of ether oxygens (including phenoxy) is 1. The fraction of sp³-hybridized carbons (Fsp3) is 0.455. The van der Waals surface area contributed by atoms with E-state index in [-0.39, 0.29) is 5.91 Å². The number of fused-ring (bicyclic) bond motifs is 1. The van der Waals surface area contributed by atoms with Crippen LogP contribution >= 0.6 is 11.3 Å². The molecule has 1 aromatic carbocycles. The van der Waals surface area contributed by atoms with Crippen molar-refractivity contribution in [3.8, 4) is 5.75 Å². The number of thiazole rings is 1. The first-order chi connectivity index (χ1) is 14.7. The van der Waals surface area contributed by atoms with Gasteiger partial charge in [-0.2, -0.15) is 0 Å². The van der Waals surface area contributed by atoms with Gasteiger partial charge < -0.3 is 14.5 Å². The van der Waals surface area contributed by atoms with Crippen molar-refractivity contribution < 1.29 is 9.53 Å². The maximum Gasteiger partial charge on any atom is 0.274 e. The summed E-state index contributed by atoms with van der Waals surface area (Å²) in [6, 6.07) is 8.65. The molecule has 0 saturated carbocycles. The van der Waals surface area contributed by atoms with Crippen molar-refractivity contribution in [2.45, 2.75) is 18.9 Å². The van der Waals surface area contributed by atoms with Crippen LogP contribution in [0.5, 0.6) is 5.75 Å². The van der Waals surface area contributed by atoms with Crippen LogP contribution in [0.4, 0.5) is 5.69 Å². The van der Waals surface area contributed by atoms with E-state index in [9.17, 15) is 4.79 Å². The van der Waals surface area contributed by atoms with Crippen LogP contribution in [0.2, 0.25) is 0 Å². The van der Waals surface area contributed by atoms with Crippen molar-refractivity contribution in [3.05, 3.63) is 47.7 Å². The number of piperazine rings is 1. The highest BCUT2D eigenvalue weighted by Gasteiger charge is 2.31. The zero-order valence-corrected chi connectivity index (χ0v) is 18.1. The van der Waals surface area contributed by atoms with Crippen LogP contribution in [0.15, 0.2) is 42.0 Å². The molecule has 0 bridgehead atoms. The summed E-state index contributed by atoms with van der Waals surface area (Å²) < 4.78 is 7.46. The average molecular weight is 426 g/mol. The smallest absolute Gasteiger partial charge is 0.274 e. The summed E-state index contributed by atoms with van der Waals surface area (Å²) in [6.07, 6.45) is 6.00. The number of para-hydroxylation sites is 2. The minimum absolute atomic E-state index is 0.0586. The molecule has 2 aliphatic heterocycles. The van der Waals surface area contributed by atoms with Gasteiger partial charge in [0.15, 0.2) is 4.96 Å². The zero-order valence-electron chi connectivity index (χ0n) is 17.2. The van der Waals surface area contributed by atoms with Crippen molar-refractivity contribution >= 4 is 27.9 Å². The maximum absolute atomic E-state index is 13.0. The fourth-order valence-corrected chi connectivity index (χ4v) is 5.35. The van der Waals surface area contributed by atoms with Gasteiger partial charge in [0.2, 0.25) is 0 Å². The molecular formula is C22H27N5O2S. The van der Waals surface area contributed by atoms with Crippen LogP contribution in [0, 0.1) is 0 Å². The number of carbonyl (C=O) groups excluding carboxylic acids is 1. The van der Waals surface area contributed by atoms with Crippen LogP contribution in [0.1, 0.15) is 23.3 Å². The Labute approximate surface area is 180 Å². The first-order valence-electron chi connectivity index (χ1n) is 10.6. The molecule has 8 heteroatoms. The van der Waals surface area contributed by atoms with E-state index >= 15 is 0 Å². The normalized spacial score (nSPS) is 20.6. The number of amides is 1. The molecule has 2 saturated heterocycles. The van der Waals surface area contributed by atoms with Crippen LogP contribution < -0.4 is 9.64 Å². The molecule has 2 aliphatic rings. The van der Waals surface area contributed by atoms with E-state index in [2.05, 4.69) is 26.9 Å². The Kier molecular flexibility index (Phi) is 5.35. The molecule has 30 heavy (non-hydrogen) atoms. The number of anilines is 1. The number of carbonyl (C=O) groups is 1. The van der Waals surface area contributed by atoms with Crippen molar-refractivity contribution in [1.82, 2.24) is 19.2 Å². The molecule has 0 unspecified atom stereocenters. The summed E-state index contributed by atoms with van der Waals surface area (Å²) >= 11 is 1.56.